The van der Waals surface area contributed by atoms with Crippen molar-refractivity contribution < 1.29 is 14.6 Å². The van der Waals surface area contributed by atoms with Gasteiger partial charge in [-0.1, -0.05) is 48.5 Å². The average molecular weight is 370 g/mol. The number of benzene rings is 3. The second-order valence-corrected chi connectivity index (χ2v) is 6.29. The van der Waals surface area contributed by atoms with Gasteiger partial charge in [0.05, 0.1) is 0 Å². The van der Waals surface area contributed by atoms with Crippen LogP contribution in [-0.2, 0) is 6.54 Å². The van der Waals surface area contributed by atoms with Gasteiger partial charge in [0.2, 0.25) is 0 Å². The molecule has 1 heterocycles. The minimum atomic E-state index is -0.423. The Morgan fingerprint density at radius 2 is 1.64 bits per heavy atom. The summed E-state index contributed by atoms with van der Waals surface area (Å²) in [6, 6.07) is 24.2. The summed E-state index contributed by atoms with van der Waals surface area (Å²) < 4.78 is 5.80. The Labute approximate surface area is 162 Å². The van der Waals surface area contributed by atoms with Crippen molar-refractivity contribution in [2.45, 2.75) is 6.54 Å². The quantitative estimate of drug-likeness (QED) is 0.536. The number of carbonyl (C=O) groups is 1. The fraction of sp³-hybridized carbons (Fsp3) is 0.0435. The lowest BCUT2D eigenvalue weighted by atomic mass is 10.1. The molecule has 4 rings (SSSR count). The highest BCUT2D eigenvalue weighted by Crippen LogP contribution is 2.31. The summed E-state index contributed by atoms with van der Waals surface area (Å²) in [5.74, 6) is 0.777. The van der Waals surface area contributed by atoms with Crippen molar-refractivity contribution in [3.63, 3.8) is 0 Å². The molecule has 5 nitrogen and oxygen atoms in total. The molecule has 1 amide bonds. The first-order valence-corrected chi connectivity index (χ1v) is 8.87. The van der Waals surface area contributed by atoms with E-state index in [2.05, 4.69) is 10.3 Å². The summed E-state index contributed by atoms with van der Waals surface area (Å²) in [6.07, 6.45) is 1.56. The molecule has 28 heavy (non-hydrogen) atoms. The first-order chi connectivity index (χ1) is 13.7. The van der Waals surface area contributed by atoms with Crippen LogP contribution in [0.3, 0.4) is 0 Å². The van der Waals surface area contributed by atoms with E-state index >= 15 is 0 Å². The Morgan fingerprint density at radius 3 is 2.39 bits per heavy atom. The molecule has 0 radical (unpaired) electrons. The summed E-state index contributed by atoms with van der Waals surface area (Å²) in [6.45, 7) is 0.364. The normalized spacial score (nSPS) is 10.6. The van der Waals surface area contributed by atoms with E-state index in [0.717, 1.165) is 11.3 Å². The molecule has 0 spiro atoms. The van der Waals surface area contributed by atoms with E-state index in [4.69, 9.17) is 4.74 Å². The third-order valence-electron chi connectivity index (χ3n) is 4.33. The van der Waals surface area contributed by atoms with Crippen LogP contribution < -0.4 is 10.1 Å². The Balaban J connectivity index is 1.55. The van der Waals surface area contributed by atoms with Crippen molar-refractivity contribution in [3.05, 3.63) is 96.3 Å². The number of fused-ring (bicyclic) bond motifs is 1. The topological polar surface area (TPSA) is 71.5 Å². The Morgan fingerprint density at radius 1 is 0.929 bits per heavy atom. The van der Waals surface area contributed by atoms with Crippen molar-refractivity contribution >= 4 is 16.7 Å². The molecule has 0 saturated carbocycles. The number of hydrogen-bond acceptors (Lipinski definition) is 4. The van der Waals surface area contributed by atoms with Crippen LogP contribution in [0.4, 0.5) is 0 Å². The van der Waals surface area contributed by atoms with Gasteiger partial charge >= 0.3 is 0 Å². The molecule has 0 aliphatic rings. The Kier molecular flexibility index (Phi) is 4.89. The number of ether oxygens (including phenoxy) is 1. The summed E-state index contributed by atoms with van der Waals surface area (Å²) in [5, 5.41) is 14.5. The van der Waals surface area contributed by atoms with Crippen LogP contribution >= 0.6 is 0 Å². The average Bonchev–Trinajstić information content (AvgIpc) is 2.74. The Hall–Kier alpha value is -3.86. The zero-order chi connectivity index (χ0) is 19.3. The third kappa shape index (κ3) is 3.78. The van der Waals surface area contributed by atoms with Gasteiger partial charge in [0, 0.05) is 23.5 Å². The molecule has 0 aliphatic carbocycles. The van der Waals surface area contributed by atoms with Crippen LogP contribution in [0.25, 0.3) is 10.8 Å². The number of carbonyl (C=O) groups excluding carboxylic acids is 1. The van der Waals surface area contributed by atoms with E-state index in [1.54, 1.807) is 24.4 Å². The molecule has 4 aromatic rings. The first kappa shape index (κ1) is 17.5. The van der Waals surface area contributed by atoms with Gasteiger partial charge in [-0.05, 0) is 35.9 Å². The molecular weight excluding hydrogens is 352 g/mol. The molecule has 138 valence electrons. The standard InChI is InChI=1S/C23H18N2O3/c26-22-20-12-11-19(28-18-9-5-2-6-10-18)13-17(20)15-24-21(22)23(27)25-14-16-7-3-1-4-8-16/h1-13,15,26H,14H2,(H,25,27). The highest BCUT2D eigenvalue weighted by atomic mass is 16.5. The molecule has 5 heteroatoms. The van der Waals surface area contributed by atoms with E-state index < -0.39 is 5.91 Å². The lowest BCUT2D eigenvalue weighted by Crippen LogP contribution is -2.23. The summed E-state index contributed by atoms with van der Waals surface area (Å²) in [7, 11) is 0. The lowest BCUT2D eigenvalue weighted by molar-refractivity contribution is 0.0943. The maximum Gasteiger partial charge on any atom is 0.274 e. The highest BCUT2D eigenvalue weighted by Gasteiger charge is 2.16. The molecule has 0 saturated heterocycles. The largest absolute Gasteiger partial charge is 0.505 e. The van der Waals surface area contributed by atoms with Crippen molar-refractivity contribution in [1.82, 2.24) is 10.3 Å². The molecule has 0 unspecified atom stereocenters. The van der Waals surface area contributed by atoms with Crippen molar-refractivity contribution in [2.75, 3.05) is 0 Å². The van der Waals surface area contributed by atoms with Crippen LogP contribution in [0.1, 0.15) is 16.1 Å². The molecular formula is C23H18N2O3. The second kappa shape index (κ2) is 7.80. The summed E-state index contributed by atoms with van der Waals surface area (Å²) in [5.41, 5.74) is 0.971. The van der Waals surface area contributed by atoms with Gasteiger partial charge in [-0.3, -0.25) is 4.79 Å². The number of aromatic nitrogens is 1. The minimum absolute atomic E-state index is 0.000147. The fourth-order valence-corrected chi connectivity index (χ4v) is 2.90. The van der Waals surface area contributed by atoms with Crippen LogP contribution in [0.5, 0.6) is 17.2 Å². The molecule has 2 N–H and O–H groups in total. The predicted molar refractivity (Wildman–Crippen MR) is 108 cm³/mol. The highest BCUT2D eigenvalue weighted by molar-refractivity contribution is 6.01. The van der Waals surface area contributed by atoms with Crippen LogP contribution in [0.15, 0.2) is 85.1 Å². The third-order valence-corrected chi connectivity index (χ3v) is 4.33. The molecule has 0 fully saturated rings. The van der Waals surface area contributed by atoms with Crippen LogP contribution in [-0.4, -0.2) is 16.0 Å². The van der Waals surface area contributed by atoms with E-state index in [9.17, 15) is 9.90 Å². The predicted octanol–water partition coefficient (Wildman–Crippen LogP) is 4.66. The maximum absolute atomic E-state index is 12.4. The van der Waals surface area contributed by atoms with Gasteiger partial charge in [0.1, 0.15) is 11.5 Å². The number of hydrogen-bond donors (Lipinski definition) is 2. The number of rotatable bonds is 5. The molecule has 0 atom stereocenters. The monoisotopic (exact) mass is 370 g/mol. The van der Waals surface area contributed by atoms with Gasteiger partial charge in [-0.25, -0.2) is 4.98 Å². The summed E-state index contributed by atoms with van der Waals surface area (Å²) >= 11 is 0. The molecule has 1 aromatic heterocycles. The summed E-state index contributed by atoms with van der Waals surface area (Å²) in [4.78, 5) is 16.6. The van der Waals surface area contributed by atoms with E-state index in [1.807, 2.05) is 60.7 Å². The van der Waals surface area contributed by atoms with Gasteiger partial charge < -0.3 is 15.2 Å². The van der Waals surface area contributed by atoms with Crippen molar-refractivity contribution in [2.24, 2.45) is 0 Å². The van der Waals surface area contributed by atoms with E-state index in [-0.39, 0.29) is 11.4 Å². The zero-order valence-corrected chi connectivity index (χ0v) is 15.0. The molecule has 3 aromatic carbocycles. The fourth-order valence-electron chi connectivity index (χ4n) is 2.90. The zero-order valence-electron chi connectivity index (χ0n) is 15.0. The molecule has 0 bridgehead atoms. The lowest BCUT2D eigenvalue weighted by Gasteiger charge is -2.10. The number of aromatic hydroxyl groups is 1. The van der Waals surface area contributed by atoms with Crippen LogP contribution in [0.2, 0.25) is 0 Å². The smallest absolute Gasteiger partial charge is 0.274 e. The first-order valence-electron chi connectivity index (χ1n) is 8.87. The minimum Gasteiger partial charge on any atom is -0.505 e. The number of amides is 1. The van der Waals surface area contributed by atoms with Crippen molar-refractivity contribution in [1.29, 1.82) is 0 Å². The molecule has 0 aliphatic heterocycles. The maximum atomic E-state index is 12.4. The van der Waals surface area contributed by atoms with Crippen LogP contribution in [0, 0.1) is 0 Å². The van der Waals surface area contributed by atoms with Gasteiger partial charge in [0.25, 0.3) is 5.91 Å². The van der Waals surface area contributed by atoms with E-state index in [0.29, 0.717) is 23.1 Å². The number of nitrogens with one attached hydrogen (secondary N) is 1. The number of nitrogens with zero attached hydrogens (tertiary/aromatic N) is 1. The number of pyridine rings is 1. The van der Waals surface area contributed by atoms with E-state index in [1.165, 1.54) is 0 Å². The van der Waals surface area contributed by atoms with Gasteiger partial charge in [-0.2, -0.15) is 0 Å². The van der Waals surface area contributed by atoms with Gasteiger partial charge in [-0.15, -0.1) is 0 Å². The SMILES string of the molecule is O=C(NCc1ccccc1)c1ncc2cc(Oc3ccccc3)ccc2c1O. The Bertz CT molecular complexity index is 1110. The number of para-hydroxylation sites is 1. The van der Waals surface area contributed by atoms with Crippen molar-refractivity contribution in [3.8, 4) is 17.2 Å². The second-order valence-electron chi connectivity index (χ2n) is 6.29. The van der Waals surface area contributed by atoms with Gasteiger partial charge in [0.15, 0.2) is 11.4 Å².